The van der Waals surface area contributed by atoms with Crippen LogP contribution in [0.15, 0.2) is 0 Å². The van der Waals surface area contributed by atoms with Gasteiger partial charge in [-0.3, -0.25) is 0 Å². The predicted molar refractivity (Wildman–Crippen MR) is 89.2 cm³/mol. The smallest absolute Gasteiger partial charge is 0.00369 e. The van der Waals surface area contributed by atoms with E-state index in [4.69, 9.17) is 11.5 Å². The Morgan fingerprint density at radius 3 is 1.17 bits per heavy atom. The van der Waals surface area contributed by atoms with Gasteiger partial charge in [0.15, 0.2) is 0 Å². The third-order valence-corrected chi connectivity index (χ3v) is 5.52. The van der Waals surface area contributed by atoms with Crippen LogP contribution in [-0.4, -0.2) is 24.6 Å². The van der Waals surface area contributed by atoms with E-state index in [0.717, 1.165) is 13.1 Å². The van der Waals surface area contributed by atoms with Gasteiger partial charge in [-0.15, -0.1) is 0 Å². The maximum atomic E-state index is 5.46. The van der Waals surface area contributed by atoms with Crippen molar-refractivity contribution in [2.45, 2.75) is 64.2 Å². The molecule has 0 aliphatic carbocycles. The van der Waals surface area contributed by atoms with Crippen molar-refractivity contribution in [1.82, 2.24) is 0 Å². The third kappa shape index (κ3) is 16.6. The maximum absolute atomic E-state index is 5.46. The van der Waals surface area contributed by atoms with E-state index >= 15 is 0 Å². The van der Waals surface area contributed by atoms with Crippen LogP contribution in [0.4, 0.5) is 0 Å². The molecule has 18 heavy (non-hydrogen) atoms. The SMILES string of the molecule is NCCCCCCCSSCCCCCCCN. The first-order valence-electron chi connectivity index (χ1n) is 7.56. The Labute approximate surface area is 122 Å². The highest BCUT2D eigenvalue weighted by atomic mass is 33.1. The molecule has 0 bridgehead atoms. The van der Waals surface area contributed by atoms with Crippen LogP contribution < -0.4 is 11.5 Å². The van der Waals surface area contributed by atoms with Gasteiger partial charge in [0.1, 0.15) is 0 Å². The van der Waals surface area contributed by atoms with Crippen LogP contribution in [-0.2, 0) is 0 Å². The topological polar surface area (TPSA) is 52.0 Å². The summed E-state index contributed by atoms with van der Waals surface area (Å²) in [6.07, 6.45) is 13.3. The van der Waals surface area contributed by atoms with Crippen LogP contribution in [0.3, 0.4) is 0 Å². The largest absolute Gasteiger partial charge is 0.330 e. The second kappa shape index (κ2) is 17.6. The second-order valence-corrected chi connectivity index (χ2v) is 7.46. The van der Waals surface area contributed by atoms with E-state index in [0.29, 0.717) is 0 Å². The molecule has 0 heterocycles. The third-order valence-electron chi connectivity index (χ3n) is 2.95. The van der Waals surface area contributed by atoms with E-state index in [1.54, 1.807) is 0 Å². The molecule has 0 radical (unpaired) electrons. The van der Waals surface area contributed by atoms with Gasteiger partial charge in [-0.2, -0.15) is 0 Å². The lowest BCUT2D eigenvalue weighted by atomic mass is 10.2. The minimum atomic E-state index is 0.857. The van der Waals surface area contributed by atoms with Crippen LogP contribution in [0.5, 0.6) is 0 Å². The molecule has 0 fully saturated rings. The molecular formula is C14H32N2S2. The van der Waals surface area contributed by atoms with Gasteiger partial charge in [0.05, 0.1) is 0 Å². The van der Waals surface area contributed by atoms with E-state index in [-0.39, 0.29) is 0 Å². The van der Waals surface area contributed by atoms with Gasteiger partial charge >= 0.3 is 0 Å². The van der Waals surface area contributed by atoms with E-state index in [2.05, 4.69) is 21.6 Å². The summed E-state index contributed by atoms with van der Waals surface area (Å²) in [4.78, 5) is 0. The van der Waals surface area contributed by atoms with E-state index in [1.807, 2.05) is 0 Å². The lowest BCUT2D eigenvalue weighted by molar-refractivity contribution is 0.640. The van der Waals surface area contributed by atoms with Gasteiger partial charge in [-0.25, -0.2) is 0 Å². The molecule has 0 aliphatic heterocycles. The molecule has 0 saturated carbocycles. The second-order valence-electron chi connectivity index (χ2n) is 4.76. The molecule has 0 spiro atoms. The Bertz CT molecular complexity index is 130. The lowest BCUT2D eigenvalue weighted by Crippen LogP contribution is -1.97. The number of rotatable bonds is 15. The molecule has 0 atom stereocenters. The molecule has 4 heteroatoms. The van der Waals surface area contributed by atoms with E-state index in [9.17, 15) is 0 Å². The number of unbranched alkanes of at least 4 members (excludes halogenated alkanes) is 8. The van der Waals surface area contributed by atoms with E-state index < -0.39 is 0 Å². The minimum absolute atomic E-state index is 0.857. The quantitative estimate of drug-likeness (QED) is 0.351. The summed E-state index contributed by atoms with van der Waals surface area (Å²) in [7, 11) is 4.11. The highest BCUT2D eigenvalue weighted by Gasteiger charge is 1.94. The zero-order chi connectivity index (χ0) is 13.3. The zero-order valence-corrected chi connectivity index (χ0v) is 13.5. The molecule has 0 saturated heterocycles. The van der Waals surface area contributed by atoms with E-state index in [1.165, 1.54) is 75.7 Å². The fourth-order valence-electron chi connectivity index (χ4n) is 1.79. The number of hydrogen-bond donors (Lipinski definition) is 2. The van der Waals surface area contributed by atoms with Crippen molar-refractivity contribution < 1.29 is 0 Å². The van der Waals surface area contributed by atoms with Crippen molar-refractivity contribution in [1.29, 1.82) is 0 Å². The Kier molecular flexibility index (Phi) is 18.2. The summed E-state index contributed by atoms with van der Waals surface area (Å²) in [6, 6.07) is 0. The molecule has 0 unspecified atom stereocenters. The van der Waals surface area contributed by atoms with Crippen molar-refractivity contribution in [2.75, 3.05) is 24.6 Å². The first kappa shape index (κ1) is 18.6. The average molecular weight is 293 g/mol. The fourth-order valence-corrected chi connectivity index (χ4v) is 4.08. The molecular weight excluding hydrogens is 260 g/mol. The summed E-state index contributed by atoms with van der Waals surface area (Å²) in [6.45, 7) is 1.71. The summed E-state index contributed by atoms with van der Waals surface area (Å²) in [5.74, 6) is 2.64. The van der Waals surface area contributed by atoms with Crippen LogP contribution >= 0.6 is 21.6 Å². The fraction of sp³-hybridized carbons (Fsp3) is 1.00. The van der Waals surface area contributed by atoms with Crippen molar-refractivity contribution >= 4 is 21.6 Å². The summed E-state index contributed by atoms with van der Waals surface area (Å²) < 4.78 is 0. The Hall–Kier alpha value is 0.620. The van der Waals surface area contributed by atoms with Crippen molar-refractivity contribution in [2.24, 2.45) is 11.5 Å². The molecule has 0 aromatic heterocycles. The first-order valence-corrected chi connectivity index (χ1v) is 10.0. The van der Waals surface area contributed by atoms with Crippen molar-refractivity contribution in [3.05, 3.63) is 0 Å². The Morgan fingerprint density at radius 1 is 0.444 bits per heavy atom. The summed E-state index contributed by atoms with van der Waals surface area (Å²) >= 11 is 0. The molecule has 2 nitrogen and oxygen atoms in total. The van der Waals surface area contributed by atoms with Crippen molar-refractivity contribution in [3.63, 3.8) is 0 Å². The molecule has 0 amide bonds. The van der Waals surface area contributed by atoms with Crippen LogP contribution in [0.2, 0.25) is 0 Å². The van der Waals surface area contributed by atoms with Crippen LogP contribution in [0, 0.1) is 0 Å². The zero-order valence-electron chi connectivity index (χ0n) is 11.9. The van der Waals surface area contributed by atoms with Gasteiger partial charge in [-0.1, -0.05) is 60.1 Å². The molecule has 0 aromatic carbocycles. The van der Waals surface area contributed by atoms with Gasteiger partial charge in [-0.05, 0) is 38.8 Å². The normalized spacial score (nSPS) is 11.0. The maximum Gasteiger partial charge on any atom is 0.00369 e. The molecule has 0 rings (SSSR count). The molecule has 0 aromatic rings. The average Bonchev–Trinajstić information content (AvgIpc) is 2.39. The number of hydrogen-bond acceptors (Lipinski definition) is 4. The van der Waals surface area contributed by atoms with Crippen molar-refractivity contribution in [3.8, 4) is 0 Å². The number of nitrogens with two attached hydrogens (primary N) is 2. The van der Waals surface area contributed by atoms with Gasteiger partial charge in [0.2, 0.25) is 0 Å². The Morgan fingerprint density at radius 2 is 0.778 bits per heavy atom. The molecule has 4 N–H and O–H groups in total. The minimum Gasteiger partial charge on any atom is -0.330 e. The predicted octanol–water partition coefficient (Wildman–Crippen LogP) is 4.19. The first-order chi connectivity index (χ1) is 8.91. The van der Waals surface area contributed by atoms with Gasteiger partial charge in [0.25, 0.3) is 0 Å². The highest BCUT2D eigenvalue weighted by Crippen LogP contribution is 2.24. The van der Waals surface area contributed by atoms with Gasteiger partial charge in [0, 0.05) is 11.5 Å². The van der Waals surface area contributed by atoms with Crippen LogP contribution in [0.1, 0.15) is 64.2 Å². The molecule has 0 aliphatic rings. The van der Waals surface area contributed by atoms with Gasteiger partial charge < -0.3 is 11.5 Å². The summed E-state index contributed by atoms with van der Waals surface area (Å²) in [5.41, 5.74) is 10.9. The monoisotopic (exact) mass is 292 g/mol. The summed E-state index contributed by atoms with van der Waals surface area (Å²) in [5, 5.41) is 0. The lowest BCUT2D eigenvalue weighted by Gasteiger charge is -2.02. The van der Waals surface area contributed by atoms with Crippen LogP contribution in [0.25, 0.3) is 0 Å². The Balaban J connectivity index is 2.86. The standard InChI is InChI=1S/C14H32N2S2/c15-11-7-3-1-5-9-13-17-18-14-10-6-2-4-8-12-16/h1-16H2. The highest BCUT2D eigenvalue weighted by molar-refractivity contribution is 8.76. The molecule has 110 valence electrons.